The van der Waals surface area contributed by atoms with Crippen LogP contribution in [0, 0.1) is 3.57 Å². The lowest BCUT2D eigenvalue weighted by molar-refractivity contribution is 0.316. The van der Waals surface area contributed by atoms with Crippen LogP contribution in [-0.2, 0) is 6.54 Å². The van der Waals surface area contributed by atoms with Crippen molar-refractivity contribution in [3.63, 3.8) is 0 Å². The standard InChI is InChI=1S/C11H14IN/c1-13(11-5-6-11)8-9-3-2-4-10(12)7-9/h2-4,7,11H,5-6,8H2,1H3. The Bertz CT molecular complexity index is 294. The maximum Gasteiger partial charge on any atom is 0.0233 e. The van der Waals surface area contributed by atoms with Crippen LogP contribution in [0.2, 0.25) is 0 Å². The van der Waals surface area contributed by atoms with Crippen molar-refractivity contribution in [2.45, 2.75) is 25.4 Å². The fraction of sp³-hybridized carbons (Fsp3) is 0.455. The van der Waals surface area contributed by atoms with E-state index in [1.165, 1.54) is 22.0 Å². The first kappa shape index (κ1) is 9.46. The Kier molecular flexibility index (Phi) is 2.89. The maximum absolute atomic E-state index is 2.45. The van der Waals surface area contributed by atoms with Crippen LogP contribution < -0.4 is 0 Å². The minimum atomic E-state index is 0.859. The topological polar surface area (TPSA) is 3.24 Å². The monoisotopic (exact) mass is 287 g/mol. The predicted octanol–water partition coefficient (Wildman–Crippen LogP) is 2.89. The van der Waals surface area contributed by atoms with E-state index in [0.717, 1.165) is 12.6 Å². The zero-order chi connectivity index (χ0) is 9.26. The average molecular weight is 287 g/mol. The Morgan fingerprint density at radius 2 is 2.23 bits per heavy atom. The molecule has 1 nitrogen and oxygen atoms in total. The van der Waals surface area contributed by atoms with E-state index in [0.29, 0.717) is 0 Å². The highest BCUT2D eigenvalue weighted by atomic mass is 127. The molecule has 2 heteroatoms. The molecule has 0 N–H and O–H groups in total. The Labute approximate surface area is 93.3 Å². The van der Waals surface area contributed by atoms with Gasteiger partial charge in [0.05, 0.1) is 0 Å². The zero-order valence-corrected chi connectivity index (χ0v) is 9.99. The fourth-order valence-electron chi connectivity index (χ4n) is 1.57. The minimum absolute atomic E-state index is 0.859. The molecule has 2 rings (SSSR count). The highest BCUT2D eigenvalue weighted by Gasteiger charge is 2.25. The summed E-state index contributed by atoms with van der Waals surface area (Å²) in [7, 11) is 2.22. The summed E-state index contributed by atoms with van der Waals surface area (Å²) in [6.07, 6.45) is 2.78. The van der Waals surface area contributed by atoms with Crippen LogP contribution >= 0.6 is 22.6 Å². The lowest BCUT2D eigenvalue weighted by Crippen LogP contribution is -2.19. The maximum atomic E-state index is 2.45. The summed E-state index contributed by atoms with van der Waals surface area (Å²) in [5.41, 5.74) is 1.43. The Hall–Kier alpha value is -0.0900. The van der Waals surface area contributed by atoms with Crippen LogP contribution in [0.3, 0.4) is 0 Å². The fourth-order valence-corrected chi connectivity index (χ4v) is 2.18. The smallest absolute Gasteiger partial charge is 0.0233 e. The van der Waals surface area contributed by atoms with Crippen molar-refractivity contribution < 1.29 is 0 Å². The van der Waals surface area contributed by atoms with Crippen molar-refractivity contribution in [2.24, 2.45) is 0 Å². The van der Waals surface area contributed by atoms with Gasteiger partial charge in [0.1, 0.15) is 0 Å². The van der Waals surface area contributed by atoms with Crippen LogP contribution in [0.5, 0.6) is 0 Å². The second-order valence-electron chi connectivity index (χ2n) is 3.78. The molecule has 0 bridgehead atoms. The lowest BCUT2D eigenvalue weighted by atomic mass is 10.2. The first-order valence-corrected chi connectivity index (χ1v) is 5.78. The highest BCUT2D eigenvalue weighted by molar-refractivity contribution is 14.1. The van der Waals surface area contributed by atoms with Gasteiger partial charge in [0.25, 0.3) is 0 Å². The van der Waals surface area contributed by atoms with Crippen molar-refractivity contribution in [1.29, 1.82) is 0 Å². The molecule has 1 aliphatic carbocycles. The molecule has 70 valence electrons. The van der Waals surface area contributed by atoms with E-state index in [2.05, 4.69) is 58.8 Å². The SMILES string of the molecule is CN(Cc1cccc(I)c1)C1CC1. The van der Waals surface area contributed by atoms with Crippen LogP contribution in [0.4, 0.5) is 0 Å². The molecule has 1 aliphatic rings. The molecule has 0 amide bonds. The van der Waals surface area contributed by atoms with Gasteiger partial charge in [-0.25, -0.2) is 0 Å². The molecule has 13 heavy (non-hydrogen) atoms. The van der Waals surface area contributed by atoms with E-state index in [-0.39, 0.29) is 0 Å². The number of rotatable bonds is 3. The van der Waals surface area contributed by atoms with Gasteiger partial charge in [-0.05, 0) is 60.2 Å². The van der Waals surface area contributed by atoms with Gasteiger partial charge in [-0.1, -0.05) is 12.1 Å². The summed E-state index contributed by atoms with van der Waals surface area (Å²) < 4.78 is 1.33. The molecule has 0 atom stereocenters. The molecule has 0 saturated heterocycles. The molecule has 1 saturated carbocycles. The molecule has 0 aromatic heterocycles. The van der Waals surface area contributed by atoms with Crippen molar-refractivity contribution in [3.8, 4) is 0 Å². The van der Waals surface area contributed by atoms with E-state index in [1.807, 2.05) is 0 Å². The lowest BCUT2D eigenvalue weighted by Gasteiger charge is -2.15. The van der Waals surface area contributed by atoms with Crippen molar-refractivity contribution in [2.75, 3.05) is 7.05 Å². The van der Waals surface area contributed by atoms with Gasteiger partial charge >= 0.3 is 0 Å². The third-order valence-electron chi connectivity index (χ3n) is 2.49. The zero-order valence-electron chi connectivity index (χ0n) is 7.83. The summed E-state index contributed by atoms with van der Waals surface area (Å²) in [4.78, 5) is 2.45. The largest absolute Gasteiger partial charge is 0.299 e. The highest BCUT2D eigenvalue weighted by Crippen LogP contribution is 2.26. The number of benzene rings is 1. The molecule has 1 aromatic carbocycles. The van der Waals surface area contributed by atoms with Crippen LogP contribution in [-0.4, -0.2) is 18.0 Å². The van der Waals surface area contributed by atoms with Crippen molar-refractivity contribution in [1.82, 2.24) is 4.90 Å². The van der Waals surface area contributed by atoms with Gasteiger partial charge in [-0.2, -0.15) is 0 Å². The number of halogens is 1. The second kappa shape index (κ2) is 3.96. The number of nitrogens with zero attached hydrogens (tertiary/aromatic N) is 1. The Balaban J connectivity index is 2.00. The van der Waals surface area contributed by atoms with Gasteiger partial charge in [0.2, 0.25) is 0 Å². The quantitative estimate of drug-likeness (QED) is 0.773. The van der Waals surface area contributed by atoms with Crippen molar-refractivity contribution >= 4 is 22.6 Å². The second-order valence-corrected chi connectivity index (χ2v) is 5.02. The molecule has 1 fully saturated rings. The van der Waals surface area contributed by atoms with Crippen LogP contribution in [0.25, 0.3) is 0 Å². The minimum Gasteiger partial charge on any atom is -0.299 e. The normalized spacial score (nSPS) is 16.5. The van der Waals surface area contributed by atoms with Crippen molar-refractivity contribution in [3.05, 3.63) is 33.4 Å². The molecular weight excluding hydrogens is 273 g/mol. The van der Waals surface area contributed by atoms with E-state index in [9.17, 15) is 0 Å². The molecule has 0 aliphatic heterocycles. The third-order valence-corrected chi connectivity index (χ3v) is 3.16. The molecule has 0 unspecified atom stereocenters. The summed E-state index contributed by atoms with van der Waals surface area (Å²) in [5, 5.41) is 0. The average Bonchev–Trinajstić information content (AvgIpc) is 2.85. The van der Waals surface area contributed by atoms with Crippen LogP contribution in [0.15, 0.2) is 24.3 Å². The van der Waals surface area contributed by atoms with Crippen LogP contribution in [0.1, 0.15) is 18.4 Å². The van der Waals surface area contributed by atoms with Gasteiger partial charge in [-0.3, -0.25) is 4.90 Å². The molecule has 0 radical (unpaired) electrons. The first-order chi connectivity index (χ1) is 6.25. The Morgan fingerprint density at radius 3 is 2.85 bits per heavy atom. The predicted molar refractivity (Wildman–Crippen MR) is 63.6 cm³/mol. The summed E-state index contributed by atoms with van der Waals surface area (Å²) in [5.74, 6) is 0. The Morgan fingerprint density at radius 1 is 1.46 bits per heavy atom. The van der Waals surface area contributed by atoms with E-state index >= 15 is 0 Å². The summed E-state index contributed by atoms with van der Waals surface area (Å²) >= 11 is 2.37. The first-order valence-electron chi connectivity index (χ1n) is 4.70. The summed E-state index contributed by atoms with van der Waals surface area (Å²) in [6.45, 7) is 1.10. The molecule has 1 aromatic rings. The van der Waals surface area contributed by atoms with E-state index in [4.69, 9.17) is 0 Å². The third kappa shape index (κ3) is 2.68. The van der Waals surface area contributed by atoms with Gasteiger partial charge in [0, 0.05) is 16.2 Å². The molecule has 0 heterocycles. The van der Waals surface area contributed by atoms with E-state index in [1.54, 1.807) is 0 Å². The molecule has 0 spiro atoms. The number of hydrogen-bond acceptors (Lipinski definition) is 1. The summed E-state index contributed by atoms with van der Waals surface area (Å²) in [6, 6.07) is 9.61. The van der Waals surface area contributed by atoms with E-state index < -0.39 is 0 Å². The van der Waals surface area contributed by atoms with Gasteiger partial charge < -0.3 is 0 Å². The molecular formula is C11H14IN. The number of hydrogen-bond donors (Lipinski definition) is 0. The van der Waals surface area contributed by atoms with Gasteiger partial charge in [-0.15, -0.1) is 0 Å². The van der Waals surface area contributed by atoms with Gasteiger partial charge in [0.15, 0.2) is 0 Å².